The molecule has 3 aromatic heterocycles. The van der Waals surface area contributed by atoms with Gasteiger partial charge in [0.25, 0.3) is 0 Å². The van der Waals surface area contributed by atoms with Crippen molar-refractivity contribution >= 4 is 33.9 Å². The van der Waals surface area contributed by atoms with Gasteiger partial charge >= 0.3 is 0 Å². The molecule has 6 rings (SSSR count). The molecule has 1 fully saturated rings. The number of amides is 1. The Kier molecular flexibility index (Phi) is 5.06. The average Bonchev–Trinajstić information content (AvgIpc) is 3.36. The van der Waals surface area contributed by atoms with E-state index in [0.717, 1.165) is 16.8 Å². The van der Waals surface area contributed by atoms with E-state index in [2.05, 4.69) is 32.6 Å². The van der Waals surface area contributed by atoms with E-state index in [1.807, 2.05) is 20.2 Å². The second-order valence-electron chi connectivity index (χ2n) is 9.54. The Balaban J connectivity index is 1.32. The lowest BCUT2D eigenvalue weighted by Crippen LogP contribution is -2.20. The van der Waals surface area contributed by atoms with Crippen molar-refractivity contribution in [1.29, 1.82) is 0 Å². The molecule has 1 aromatic carbocycles. The Hall–Kier alpha value is -4.21. The van der Waals surface area contributed by atoms with Crippen molar-refractivity contribution in [3.8, 4) is 17.0 Å². The minimum absolute atomic E-state index is 0.00154. The summed E-state index contributed by atoms with van der Waals surface area (Å²) >= 11 is 0. The summed E-state index contributed by atoms with van der Waals surface area (Å²) in [5.41, 5.74) is 9.76. The zero-order valence-electron chi connectivity index (χ0n) is 20.2. The molecule has 4 aromatic rings. The van der Waals surface area contributed by atoms with Crippen LogP contribution < -0.4 is 21.1 Å². The third-order valence-electron chi connectivity index (χ3n) is 7.28. The number of anilines is 3. The Bertz CT molecular complexity index is 1530. The number of rotatable bonds is 4. The number of nitrogen functional groups attached to an aromatic ring is 1. The second kappa shape index (κ2) is 8.18. The fourth-order valence-electron chi connectivity index (χ4n) is 5.25. The molecule has 1 aliphatic heterocycles. The van der Waals surface area contributed by atoms with Crippen LogP contribution in [0.2, 0.25) is 0 Å². The van der Waals surface area contributed by atoms with Crippen molar-refractivity contribution in [1.82, 2.24) is 19.7 Å². The zero-order valence-corrected chi connectivity index (χ0v) is 20.2. The maximum absolute atomic E-state index is 15.4. The number of carbonyl (C=O) groups excluding carboxylic acids is 1. The van der Waals surface area contributed by atoms with Gasteiger partial charge in [0.2, 0.25) is 11.8 Å². The number of aryl methyl sites for hydroxylation is 1. The minimum atomic E-state index is -0.534. The van der Waals surface area contributed by atoms with Crippen LogP contribution in [0.15, 0.2) is 36.9 Å². The van der Waals surface area contributed by atoms with Gasteiger partial charge in [0.1, 0.15) is 18.1 Å². The van der Waals surface area contributed by atoms with Gasteiger partial charge in [0, 0.05) is 60.5 Å². The quantitative estimate of drug-likeness (QED) is 0.374. The highest BCUT2D eigenvalue weighted by Gasteiger charge is 2.52. The first-order valence-electron chi connectivity index (χ1n) is 11.9. The highest BCUT2D eigenvalue weighted by Crippen LogP contribution is 2.54. The monoisotopic (exact) mass is 487 g/mol. The predicted octanol–water partition coefficient (Wildman–Crippen LogP) is 3.85. The molecule has 3 atom stereocenters. The summed E-state index contributed by atoms with van der Waals surface area (Å²) in [6.45, 7) is 5.13. The first kappa shape index (κ1) is 22.3. The van der Waals surface area contributed by atoms with E-state index < -0.39 is 5.82 Å². The molecular weight excluding hydrogens is 461 g/mol. The fraction of sp³-hybridized carbons (Fsp3) is 0.308. The molecule has 1 amide bonds. The molecule has 1 aliphatic carbocycles. The first-order chi connectivity index (χ1) is 17.3. The molecule has 10 heteroatoms. The largest absolute Gasteiger partial charge is 0.474 e. The minimum Gasteiger partial charge on any atom is -0.474 e. The van der Waals surface area contributed by atoms with Crippen molar-refractivity contribution in [2.24, 2.45) is 18.9 Å². The molecular formula is C26H26FN7O2. The molecule has 9 nitrogen and oxygen atoms in total. The van der Waals surface area contributed by atoms with Gasteiger partial charge in [-0.05, 0) is 41.5 Å². The summed E-state index contributed by atoms with van der Waals surface area (Å²) in [6.07, 6.45) is 6.85. The lowest BCUT2D eigenvalue weighted by atomic mass is 9.97. The maximum atomic E-state index is 15.4. The number of hydrogen-bond donors (Lipinski definition) is 3. The van der Waals surface area contributed by atoms with E-state index in [-0.39, 0.29) is 29.3 Å². The first-order valence-corrected chi connectivity index (χ1v) is 11.9. The average molecular weight is 488 g/mol. The molecule has 0 spiro atoms. The molecule has 1 saturated carbocycles. The summed E-state index contributed by atoms with van der Waals surface area (Å²) < 4.78 is 22.7. The van der Waals surface area contributed by atoms with E-state index in [9.17, 15) is 4.79 Å². The summed E-state index contributed by atoms with van der Waals surface area (Å²) in [4.78, 5) is 21.7. The van der Waals surface area contributed by atoms with Gasteiger partial charge in [-0.25, -0.2) is 14.4 Å². The number of aromatic nitrogens is 4. The summed E-state index contributed by atoms with van der Waals surface area (Å²) in [6, 6.07) is 3.44. The molecule has 0 unspecified atom stereocenters. The molecule has 184 valence electrons. The molecule has 0 radical (unpaired) electrons. The Morgan fingerprint density at radius 2 is 2.08 bits per heavy atom. The maximum Gasteiger partial charge on any atom is 0.237 e. The number of hydrogen-bond acceptors (Lipinski definition) is 7. The van der Waals surface area contributed by atoms with Crippen LogP contribution in [-0.4, -0.2) is 38.8 Å². The number of carbonyl (C=O) groups is 1. The van der Waals surface area contributed by atoms with Crippen LogP contribution in [0.3, 0.4) is 0 Å². The number of nitrogens with one attached hydrogen (secondary N) is 2. The van der Waals surface area contributed by atoms with Crippen LogP contribution in [0.25, 0.3) is 21.9 Å². The van der Waals surface area contributed by atoms with Crippen LogP contribution in [-0.2, 0) is 11.8 Å². The van der Waals surface area contributed by atoms with E-state index in [4.69, 9.17) is 10.5 Å². The van der Waals surface area contributed by atoms with Crippen LogP contribution in [0, 0.1) is 24.6 Å². The van der Waals surface area contributed by atoms with E-state index in [0.29, 0.717) is 46.7 Å². The van der Waals surface area contributed by atoms with Crippen LogP contribution in [0.1, 0.15) is 24.0 Å². The van der Waals surface area contributed by atoms with Crippen LogP contribution in [0.5, 0.6) is 5.88 Å². The van der Waals surface area contributed by atoms with Crippen molar-refractivity contribution in [2.75, 3.05) is 29.5 Å². The van der Waals surface area contributed by atoms with Gasteiger partial charge in [-0.2, -0.15) is 5.10 Å². The lowest BCUT2D eigenvalue weighted by molar-refractivity contribution is -0.117. The van der Waals surface area contributed by atoms with Crippen molar-refractivity contribution < 1.29 is 13.9 Å². The molecule has 36 heavy (non-hydrogen) atoms. The van der Waals surface area contributed by atoms with Gasteiger partial charge in [0.15, 0.2) is 5.82 Å². The van der Waals surface area contributed by atoms with Crippen molar-refractivity contribution in [3.63, 3.8) is 0 Å². The van der Waals surface area contributed by atoms with E-state index in [1.54, 1.807) is 29.2 Å². The molecule has 4 heterocycles. The van der Waals surface area contributed by atoms with Gasteiger partial charge in [0.05, 0.1) is 11.9 Å². The Morgan fingerprint density at radius 1 is 1.25 bits per heavy atom. The molecule has 2 aliphatic rings. The van der Waals surface area contributed by atoms with E-state index >= 15 is 4.39 Å². The fourth-order valence-corrected chi connectivity index (χ4v) is 5.25. The number of ether oxygens (including phenoxy) is 1. The molecule has 4 N–H and O–H groups in total. The van der Waals surface area contributed by atoms with Crippen molar-refractivity contribution in [3.05, 3.63) is 53.9 Å². The van der Waals surface area contributed by atoms with E-state index in [1.165, 1.54) is 6.20 Å². The highest BCUT2D eigenvalue weighted by molar-refractivity contribution is 6.01. The summed E-state index contributed by atoms with van der Waals surface area (Å²) in [5.74, 6) is 0.455. The normalized spacial score (nSPS) is 20.4. The summed E-state index contributed by atoms with van der Waals surface area (Å²) in [7, 11) is 1.86. The Morgan fingerprint density at radius 3 is 2.86 bits per heavy atom. The topological polar surface area (TPSA) is 120 Å². The van der Waals surface area contributed by atoms with Gasteiger partial charge < -0.3 is 21.1 Å². The SMILES string of the molecule is Cc1c(-c2cc3cc(NC(=O)[C@@H]4[C@@H](C)[C@H]4c4cnn(C)c4)ncc3c(N)c2F)cnc2c1NCCO2. The second-order valence-corrected chi connectivity index (χ2v) is 9.54. The number of benzene rings is 1. The van der Waals surface area contributed by atoms with Gasteiger partial charge in [-0.3, -0.25) is 9.48 Å². The highest BCUT2D eigenvalue weighted by atomic mass is 19.1. The van der Waals surface area contributed by atoms with Gasteiger partial charge in [-0.1, -0.05) is 6.92 Å². The van der Waals surface area contributed by atoms with Crippen LogP contribution >= 0.6 is 0 Å². The predicted molar refractivity (Wildman–Crippen MR) is 135 cm³/mol. The number of pyridine rings is 2. The number of nitrogens with zero attached hydrogens (tertiary/aromatic N) is 4. The van der Waals surface area contributed by atoms with Gasteiger partial charge in [-0.15, -0.1) is 0 Å². The standard InChI is InChI=1S/C26H26FN7O2/c1-12-17(9-31-26-24(12)29-4-5-36-26)16-6-14-7-19(30-10-18(14)23(28)22(16)27)33-25(35)21-13(2)20(21)15-8-32-34(3)11-15/h6-11,13,20-21,29H,4-5,28H2,1-3H3,(H,30,33,35)/t13-,20-,21+/m0/s1. The van der Waals surface area contributed by atoms with Crippen LogP contribution in [0.4, 0.5) is 21.6 Å². The van der Waals surface area contributed by atoms with Crippen molar-refractivity contribution in [2.45, 2.75) is 19.8 Å². The smallest absolute Gasteiger partial charge is 0.237 e. The number of fused-ring (bicyclic) bond motifs is 2. The number of nitrogens with two attached hydrogens (primary N) is 1. The third kappa shape index (κ3) is 3.52. The third-order valence-corrected chi connectivity index (χ3v) is 7.28. The number of halogens is 1. The molecule has 0 saturated heterocycles. The zero-order chi connectivity index (χ0) is 25.1. The lowest BCUT2D eigenvalue weighted by Gasteiger charge is -2.22. The Labute approximate surface area is 206 Å². The summed E-state index contributed by atoms with van der Waals surface area (Å²) in [5, 5.41) is 11.6. The molecule has 0 bridgehead atoms.